The molecule has 0 unspecified atom stereocenters. The third-order valence-corrected chi connectivity index (χ3v) is 2.58. The minimum Gasteiger partial charge on any atom is -0.238 e. The summed E-state index contributed by atoms with van der Waals surface area (Å²) in [5.41, 5.74) is 2.58. The van der Waals surface area contributed by atoms with Gasteiger partial charge in [0, 0.05) is 11.6 Å². The predicted octanol–water partition coefficient (Wildman–Crippen LogP) is 2.37. The van der Waals surface area contributed by atoms with Gasteiger partial charge in [-0.05, 0) is 6.07 Å². The number of imidazole rings is 1. The Morgan fingerprint density at radius 2 is 2.24 bits per heavy atom. The summed E-state index contributed by atoms with van der Waals surface area (Å²) in [6.07, 6.45) is 5.64. The zero-order valence-electron chi connectivity index (χ0n) is 8.96. The fourth-order valence-electron chi connectivity index (χ4n) is 1.76. The van der Waals surface area contributed by atoms with Crippen LogP contribution in [0.3, 0.4) is 0 Å². The molecule has 0 fully saturated rings. The second kappa shape index (κ2) is 3.72. The van der Waals surface area contributed by atoms with Crippen molar-refractivity contribution in [1.82, 2.24) is 9.97 Å². The summed E-state index contributed by atoms with van der Waals surface area (Å²) in [7, 11) is 0. The molecule has 0 amide bonds. The molecule has 0 spiro atoms. The highest BCUT2D eigenvalue weighted by atomic mass is 15.1. The van der Waals surface area contributed by atoms with Crippen LogP contribution < -0.4 is 4.40 Å². The molecule has 0 aliphatic carbocycles. The first-order valence-electron chi connectivity index (χ1n) is 5.20. The number of hydrogen-bond acceptors (Lipinski definition) is 1. The van der Waals surface area contributed by atoms with Crippen LogP contribution in [0.15, 0.2) is 48.9 Å². The Balaban J connectivity index is 2.17. The molecule has 80 valence electrons. The number of aromatic nitrogens is 3. The Morgan fingerprint density at radius 3 is 3.06 bits per heavy atom. The SMILES string of the molecule is [C-]#[N+]c1cccc(-c2c[n+]3cccnc3[nH]2)c1. The van der Waals surface area contributed by atoms with Gasteiger partial charge in [0.25, 0.3) is 0 Å². The second-order valence-electron chi connectivity index (χ2n) is 3.68. The van der Waals surface area contributed by atoms with Crippen molar-refractivity contribution < 1.29 is 4.40 Å². The van der Waals surface area contributed by atoms with Crippen molar-refractivity contribution in [3.8, 4) is 11.3 Å². The van der Waals surface area contributed by atoms with E-state index in [0.29, 0.717) is 5.69 Å². The van der Waals surface area contributed by atoms with E-state index in [2.05, 4.69) is 14.8 Å². The van der Waals surface area contributed by atoms with Crippen LogP contribution in [0.4, 0.5) is 5.69 Å². The van der Waals surface area contributed by atoms with Crippen molar-refractivity contribution in [2.75, 3.05) is 0 Å². The van der Waals surface area contributed by atoms with E-state index in [1.54, 1.807) is 12.3 Å². The smallest absolute Gasteiger partial charge is 0.238 e. The highest BCUT2D eigenvalue weighted by Crippen LogP contribution is 2.21. The molecule has 2 heterocycles. The standard InChI is InChI=1S/C13H8N4/c1-14-11-5-2-4-10(8-11)12-9-17-7-3-6-15-13(17)16-12/h2-9H/p+1. The zero-order valence-corrected chi connectivity index (χ0v) is 8.96. The Bertz CT molecular complexity index is 688. The zero-order chi connectivity index (χ0) is 11.7. The molecule has 1 aromatic carbocycles. The maximum absolute atomic E-state index is 7.01. The van der Waals surface area contributed by atoms with E-state index < -0.39 is 0 Å². The number of rotatable bonds is 1. The molecule has 0 saturated heterocycles. The summed E-state index contributed by atoms with van der Waals surface area (Å²) in [5, 5.41) is 0. The number of fused-ring (bicyclic) bond motifs is 1. The van der Waals surface area contributed by atoms with E-state index in [1.165, 1.54) is 0 Å². The average molecular weight is 221 g/mol. The molecule has 3 rings (SSSR count). The van der Waals surface area contributed by atoms with E-state index in [-0.39, 0.29) is 0 Å². The minimum absolute atomic E-state index is 0.638. The summed E-state index contributed by atoms with van der Waals surface area (Å²) < 4.78 is 1.92. The van der Waals surface area contributed by atoms with Crippen LogP contribution in [0.5, 0.6) is 0 Å². The maximum atomic E-state index is 7.01. The fraction of sp³-hybridized carbons (Fsp3) is 0. The Morgan fingerprint density at radius 1 is 1.29 bits per heavy atom. The summed E-state index contributed by atoms with van der Waals surface area (Å²) in [6, 6.07) is 9.38. The van der Waals surface area contributed by atoms with Crippen LogP contribution in [-0.2, 0) is 0 Å². The highest BCUT2D eigenvalue weighted by molar-refractivity contribution is 5.65. The van der Waals surface area contributed by atoms with Gasteiger partial charge in [0.1, 0.15) is 18.1 Å². The fourth-order valence-corrected chi connectivity index (χ4v) is 1.76. The van der Waals surface area contributed by atoms with E-state index in [4.69, 9.17) is 6.57 Å². The van der Waals surface area contributed by atoms with Crippen molar-refractivity contribution in [2.45, 2.75) is 0 Å². The van der Waals surface area contributed by atoms with Gasteiger partial charge in [-0.1, -0.05) is 23.2 Å². The van der Waals surface area contributed by atoms with Gasteiger partial charge in [0.15, 0.2) is 5.69 Å². The molecule has 2 aromatic heterocycles. The van der Waals surface area contributed by atoms with Gasteiger partial charge in [-0.2, -0.15) is 0 Å². The van der Waals surface area contributed by atoms with Crippen molar-refractivity contribution in [3.63, 3.8) is 0 Å². The third-order valence-electron chi connectivity index (χ3n) is 2.58. The number of H-pyrrole nitrogens is 1. The van der Waals surface area contributed by atoms with Gasteiger partial charge in [-0.3, -0.25) is 0 Å². The third kappa shape index (κ3) is 1.64. The summed E-state index contributed by atoms with van der Waals surface area (Å²) in [5.74, 6) is 0.788. The van der Waals surface area contributed by atoms with Crippen molar-refractivity contribution in [3.05, 3.63) is 60.3 Å². The molecule has 0 saturated carbocycles. The Kier molecular flexibility index (Phi) is 2.09. The van der Waals surface area contributed by atoms with Crippen molar-refractivity contribution in [1.29, 1.82) is 0 Å². The quantitative estimate of drug-likeness (QED) is 0.497. The predicted molar refractivity (Wildman–Crippen MR) is 63.4 cm³/mol. The lowest BCUT2D eigenvalue weighted by Crippen LogP contribution is -2.17. The minimum atomic E-state index is 0.638. The van der Waals surface area contributed by atoms with Gasteiger partial charge in [0.05, 0.1) is 12.8 Å². The van der Waals surface area contributed by atoms with Crippen LogP contribution in [0.2, 0.25) is 0 Å². The van der Waals surface area contributed by atoms with Gasteiger partial charge in [-0.25, -0.2) is 14.2 Å². The number of nitrogens with one attached hydrogen (secondary N) is 1. The van der Waals surface area contributed by atoms with Crippen LogP contribution in [0.1, 0.15) is 0 Å². The first kappa shape index (κ1) is 9.55. The van der Waals surface area contributed by atoms with Crippen molar-refractivity contribution in [2.24, 2.45) is 0 Å². The monoisotopic (exact) mass is 221 g/mol. The molecule has 17 heavy (non-hydrogen) atoms. The molecule has 1 N–H and O–H groups in total. The van der Waals surface area contributed by atoms with Crippen LogP contribution >= 0.6 is 0 Å². The van der Waals surface area contributed by atoms with Crippen LogP contribution in [-0.4, -0.2) is 9.97 Å². The molecule has 0 atom stereocenters. The summed E-state index contributed by atoms with van der Waals surface area (Å²) in [4.78, 5) is 10.9. The van der Waals surface area contributed by atoms with E-state index >= 15 is 0 Å². The second-order valence-corrected chi connectivity index (χ2v) is 3.68. The molecular formula is C13H9N4+. The van der Waals surface area contributed by atoms with Gasteiger partial charge >= 0.3 is 5.78 Å². The largest absolute Gasteiger partial charge is 0.401 e. The van der Waals surface area contributed by atoms with Crippen LogP contribution in [0, 0.1) is 6.57 Å². The Hall–Kier alpha value is -2.67. The highest BCUT2D eigenvalue weighted by Gasteiger charge is 2.09. The molecule has 4 heteroatoms. The number of hydrogen-bond donors (Lipinski definition) is 1. The first-order valence-corrected chi connectivity index (χ1v) is 5.20. The molecular weight excluding hydrogens is 212 g/mol. The lowest BCUT2D eigenvalue weighted by atomic mass is 10.1. The number of nitrogens with zero attached hydrogens (tertiary/aromatic N) is 3. The van der Waals surface area contributed by atoms with Crippen LogP contribution in [0.25, 0.3) is 21.9 Å². The average Bonchev–Trinajstić information content (AvgIpc) is 2.82. The molecule has 3 aromatic rings. The number of benzene rings is 1. The van der Waals surface area contributed by atoms with Crippen molar-refractivity contribution >= 4 is 11.5 Å². The number of aromatic amines is 1. The molecule has 0 radical (unpaired) electrons. The Labute approximate surface area is 98.0 Å². The molecule has 0 aliphatic rings. The summed E-state index contributed by atoms with van der Waals surface area (Å²) in [6.45, 7) is 7.01. The topological polar surface area (TPSA) is 37.1 Å². The van der Waals surface area contributed by atoms with E-state index in [0.717, 1.165) is 17.0 Å². The van der Waals surface area contributed by atoms with Gasteiger partial charge < -0.3 is 0 Å². The van der Waals surface area contributed by atoms with Gasteiger partial charge in [-0.15, -0.1) is 0 Å². The molecule has 0 aliphatic heterocycles. The molecule has 0 bridgehead atoms. The lowest BCUT2D eigenvalue weighted by molar-refractivity contribution is -0.512. The molecule has 4 nitrogen and oxygen atoms in total. The van der Waals surface area contributed by atoms with E-state index in [9.17, 15) is 0 Å². The van der Waals surface area contributed by atoms with Gasteiger partial charge in [0.2, 0.25) is 0 Å². The first-order chi connectivity index (χ1) is 8.36. The maximum Gasteiger partial charge on any atom is 0.401 e. The lowest BCUT2D eigenvalue weighted by Gasteiger charge is -1.94. The normalized spacial score (nSPS) is 10.3. The summed E-state index contributed by atoms with van der Waals surface area (Å²) >= 11 is 0. The van der Waals surface area contributed by atoms with E-state index in [1.807, 2.05) is 41.1 Å².